The Balaban J connectivity index is 2.84. The van der Waals surface area contributed by atoms with Crippen molar-refractivity contribution in [3.63, 3.8) is 0 Å². The van der Waals surface area contributed by atoms with Gasteiger partial charge in [0.05, 0.1) is 0 Å². The summed E-state index contributed by atoms with van der Waals surface area (Å²) in [4.78, 5) is 16.2. The highest BCUT2D eigenvalue weighted by molar-refractivity contribution is 5.95. The molecule has 1 rings (SSSR count). The Hall–Kier alpha value is -1.55. The van der Waals surface area contributed by atoms with Crippen LogP contribution in [0.4, 0.5) is 5.69 Å². The molecule has 1 aromatic rings. The van der Waals surface area contributed by atoms with Gasteiger partial charge in [0.1, 0.15) is 0 Å². The third-order valence-electron chi connectivity index (χ3n) is 2.91. The van der Waals surface area contributed by atoms with Crippen LogP contribution in [0.2, 0.25) is 0 Å². The molecule has 0 atom stereocenters. The van der Waals surface area contributed by atoms with E-state index in [1.807, 2.05) is 55.1 Å². The maximum atomic E-state index is 12.3. The normalized spacial score (nSPS) is 10.2. The molecule has 0 aromatic heterocycles. The first-order valence-electron chi connectivity index (χ1n) is 6.36. The molecular weight excluding hydrogens is 226 g/mol. The van der Waals surface area contributed by atoms with E-state index >= 15 is 0 Å². The van der Waals surface area contributed by atoms with E-state index in [-0.39, 0.29) is 5.91 Å². The Morgan fingerprint density at radius 2 is 2.06 bits per heavy atom. The summed E-state index contributed by atoms with van der Waals surface area (Å²) in [5.74, 6) is 0.0784. The number of benzene rings is 1. The van der Waals surface area contributed by atoms with Crippen LogP contribution in [0.15, 0.2) is 24.3 Å². The molecule has 4 heteroatoms. The van der Waals surface area contributed by atoms with Crippen molar-refractivity contribution < 1.29 is 4.79 Å². The molecule has 1 aromatic carbocycles. The van der Waals surface area contributed by atoms with E-state index < -0.39 is 0 Å². The van der Waals surface area contributed by atoms with Crippen LogP contribution in [0, 0.1) is 0 Å². The lowest BCUT2D eigenvalue weighted by molar-refractivity contribution is 0.0763. The predicted molar refractivity (Wildman–Crippen MR) is 76.0 cm³/mol. The van der Waals surface area contributed by atoms with Crippen molar-refractivity contribution in [3.8, 4) is 0 Å². The zero-order valence-corrected chi connectivity index (χ0v) is 11.5. The summed E-state index contributed by atoms with van der Waals surface area (Å²) in [5, 5.41) is 0. The summed E-state index contributed by atoms with van der Waals surface area (Å²) in [5.41, 5.74) is 7.26. The third kappa shape index (κ3) is 3.74. The van der Waals surface area contributed by atoms with Gasteiger partial charge in [-0.1, -0.05) is 6.07 Å². The zero-order valence-electron chi connectivity index (χ0n) is 11.5. The third-order valence-corrected chi connectivity index (χ3v) is 2.91. The molecule has 4 nitrogen and oxygen atoms in total. The molecule has 0 fully saturated rings. The monoisotopic (exact) mass is 249 g/mol. The van der Waals surface area contributed by atoms with Gasteiger partial charge in [0.2, 0.25) is 0 Å². The van der Waals surface area contributed by atoms with Gasteiger partial charge in [-0.15, -0.1) is 0 Å². The highest BCUT2D eigenvalue weighted by atomic mass is 16.2. The average Bonchev–Trinajstić information content (AvgIpc) is 2.39. The maximum Gasteiger partial charge on any atom is 0.253 e. The zero-order chi connectivity index (χ0) is 13.5. The Labute approximate surface area is 109 Å². The number of carbonyl (C=O) groups is 1. The van der Waals surface area contributed by atoms with Crippen molar-refractivity contribution in [1.82, 2.24) is 4.90 Å². The lowest BCUT2D eigenvalue weighted by atomic mass is 10.1. The summed E-state index contributed by atoms with van der Waals surface area (Å²) >= 11 is 0. The standard InChI is InChI=1S/C14H23N3O/c1-4-17(10-6-9-15)14(18)12-7-5-8-13(11-12)16(2)3/h5,7-8,11H,4,6,9-10,15H2,1-3H3. The lowest BCUT2D eigenvalue weighted by Gasteiger charge is -2.21. The van der Waals surface area contributed by atoms with Gasteiger partial charge >= 0.3 is 0 Å². The van der Waals surface area contributed by atoms with Crippen molar-refractivity contribution in [2.24, 2.45) is 5.73 Å². The predicted octanol–water partition coefficient (Wildman–Crippen LogP) is 1.56. The second-order valence-electron chi connectivity index (χ2n) is 4.47. The quantitative estimate of drug-likeness (QED) is 0.832. The minimum absolute atomic E-state index is 0.0784. The van der Waals surface area contributed by atoms with Gasteiger partial charge in [0, 0.05) is 38.4 Å². The highest BCUT2D eigenvalue weighted by Gasteiger charge is 2.14. The van der Waals surface area contributed by atoms with Crippen molar-refractivity contribution >= 4 is 11.6 Å². The molecule has 0 saturated heterocycles. The van der Waals surface area contributed by atoms with Crippen molar-refractivity contribution in [3.05, 3.63) is 29.8 Å². The number of rotatable bonds is 6. The van der Waals surface area contributed by atoms with E-state index in [1.165, 1.54) is 0 Å². The fourth-order valence-corrected chi connectivity index (χ4v) is 1.79. The molecular formula is C14H23N3O. The van der Waals surface area contributed by atoms with Gasteiger partial charge in [-0.25, -0.2) is 0 Å². The molecule has 2 N–H and O–H groups in total. The van der Waals surface area contributed by atoms with Crippen molar-refractivity contribution in [1.29, 1.82) is 0 Å². The minimum Gasteiger partial charge on any atom is -0.378 e. The molecule has 0 bridgehead atoms. The first-order valence-corrected chi connectivity index (χ1v) is 6.36. The first-order chi connectivity index (χ1) is 8.60. The van der Waals surface area contributed by atoms with Crippen LogP contribution < -0.4 is 10.6 Å². The molecule has 0 saturated carbocycles. The average molecular weight is 249 g/mol. The van der Waals surface area contributed by atoms with Gasteiger partial charge in [0.15, 0.2) is 0 Å². The van der Waals surface area contributed by atoms with Crippen LogP contribution in [0.5, 0.6) is 0 Å². The Morgan fingerprint density at radius 1 is 1.33 bits per heavy atom. The van der Waals surface area contributed by atoms with Crippen molar-refractivity contribution in [2.45, 2.75) is 13.3 Å². The SMILES string of the molecule is CCN(CCCN)C(=O)c1cccc(N(C)C)c1. The van der Waals surface area contributed by atoms with E-state index in [0.717, 1.165) is 24.2 Å². The van der Waals surface area contributed by atoms with Crippen LogP contribution >= 0.6 is 0 Å². The van der Waals surface area contributed by atoms with Crippen LogP contribution in [0.25, 0.3) is 0 Å². The highest BCUT2D eigenvalue weighted by Crippen LogP contribution is 2.15. The fourth-order valence-electron chi connectivity index (χ4n) is 1.79. The van der Waals surface area contributed by atoms with E-state index in [1.54, 1.807) is 0 Å². The van der Waals surface area contributed by atoms with E-state index in [2.05, 4.69) is 0 Å². The molecule has 0 aliphatic heterocycles. The van der Waals surface area contributed by atoms with E-state index in [4.69, 9.17) is 5.73 Å². The second-order valence-corrected chi connectivity index (χ2v) is 4.47. The van der Waals surface area contributed by atoms with Gasteiger partial charge in [0.25, 0.3) is 5.91 Å². The summed E-state index contributed by atoms with van der Waals surface area (Å²) in [6.45, 7) is 4.04. The van der Waals surface area contributed by atoms with Gasteiger partial charge in [-0.2, -0.15) is 0 Å². The number of hydrogen-bond donors (Lipinski definition) is 1. The number of anilines is 1. The van der Waals surface area contributed by atoms with Gasteiger partial charge < -0.3 is 15.5 Å². The van der Waals surface area contributed by atoms with Crippen molar-refractivity contribution in [2.75, 3.05) is 38.6 Å². The van der Waals surface area contributed by atoms with E-state index in [0.29, 0.717) is 13.1 Å². The number of nitrogens with two attached hydrogens (primary N) is 1. The van der Waals surface area contributed by atoms with Gasteiger partial charge in [-0.05, 0) is 38.1 Å². The van der Waals surface area contributed by atoms with Crippen LogP contribution in [-0.4, -0.2) is 44.5 Å². The molecule has 0 heterocycles. The largest absolute Gasteiger partial charge is 0.378 e. The molecule has 0 radical (unpaired) electrons. The molecule has 0 spiro atoms. The molecule has 1 amide bonds. The Morgan fingerprint density at radius 3 is 2.61 bits per heavy atom. The van der Waals surface area contributed by atoms with Crippen LogP contribution in [0.1, 0.15) is 23.7 Å². The van der Waals surface area contributed by atoms with Crippen LogP contribution in [-0.2, 0) is 0 Å². The number of amides is 1. The summed E-state index contributed by atoms with van der Waals surface area (Å²) < 4.78 is 0. The molecule has 0 aliphatic carbocycles. The molecule has 100 valence electrons. The number of hydrogen-bond acceptors (Lipinski definition) is 3. The first kappa shape index (κ1) is 14.5. The topological polar surface area (TPSA) is 49.6 Å². The Bertz CT molecular complexity index is 390. The smallest absolute Gasteiger partial charge is 0.253 e. The summed E-state index contributed by atoms with van der Waals surface area (Å²) in [7, 11) is 3.94. The second kappa shape index (κ2) is 7.01. The minimum atomic E-state index is 0.0784. The van der Waals surface area contributed by atoms with Crippen LogP contribution in [0.3, 0.4) is 0 Å². The maximum absolute atomic E-state index is 12.3. The number of nitrogens with zero attached hydrogens (tertiary/aromatic N) is 2. The Kier molecular flexibility index (Phi) is 5.65. The summed E-state index contributed by atoms with van der Waals surface area (Å²) in [6.07, 6.45) is 0.840. The van der Waals surface area contributed by atoms with E-state index in [9.17, 15) is 4.79 Å². The fraction of sp³-hybridized carbons (Fsp3) is 0.500. The molecule has 18 heavy (non-hydrogen) atoms. The number of carbonyl (C=O) groups excluding carboxylic acids is 1. The molecule has 0 aliphatic rings. The van der Waals surface area contributed by atoms with Gasteiger partial charge in [-0.3, -0.25) is 4.79 Å². The molecule has 0 unspecified atom stereocenters. The lowest BCUT2D eigenvalue weighted by Crippen LogP contribution is -2.32. The summed E-state index contributed by atoms with van der Waals surface area (Å²) in [6, 6.07) is 7.69.